The quantitative estimate of drug-likeness (QED) is 0.662. The Hall–Kier alpha value is -0.430. The van der Waals surface area contributed by atoms with E-state index in [2.05, 4.69) is 4.52 Å². The summed E-state index contributed by atoms with van der Waals surface area (Å²) in [5.74, 6) is 1.03. The molecule has 0 amide bonds. The molecule has 1 rings (SSSR count). The zero-order valence-corrected chi connectivity index (χ0v) is 14.2. The molecule has 0 saturated carbocycles. The van der Waals surface area contributed by atoms with E-state index in [1.807, 2.05) is 13.8 Å². The fourth-order valence-electron chi connectivity index (χ4n) is 1.34. The van der Waals surface area contributed by atoms with Crippen LogP contribution in [0.5, 0.6) is 0 Å². The lowest BCUT2D eigenvalue weighted by Crippen LogP contribution is -1.96. The molecule has 0 aromatic heterocycles. The highest BCUT2D eigenvalue weighted by atomic mass is 32.2. The van der Waals surface area contributed by atoms with Crippen LogP contribution in [0.3, 0.4) is 0 Å². The second kappa shape index (κ2) is 8.12. The molecule has 116 valence electrons. The monoisotopic (exact) mass is 342 g/mol. The molecule has 20 heavy (non-hydrogen) atoms. The zero-order chi connectivity index (χ0) is 15.2. The summed E-state index contributed by atoms with van der Waals surface area (Å²) >= 11 is 0. The van der Waals surface area contributed by atoms with E-state index in [1.165, 1.54) is 17.9 Å². The SMILES string of the molecule is CCCS(=O)C=C1OP(=O)(OC)OC1=CS(=O)CCC. The van der Waals surface area contributed by atoms with Crippen LogP contribution in [-0.2, 0) is 39.7 Å². The van der Waals surface area contributed by atoms with Crippen molar-refractivity contribution in [2.24, 2.45) is 0 Å². The molecule has 2 atom stereocenters. The van der Waals surface area contributed by atoms with Gasteiger partial charge in [-0.05, 0) is 12.8 Å². The normalized spacial score (nSPS) is 29.1. The Balaban J connectivity index is 3.01. The number of hydrogen-bond donors (Lipinski definition) is 0. The summed E-state index contributed by atoms with van der Waals surface area (Å²) in [4.78, 5) is 0. The molecule has 1 saturated heterocycles. The van der Waals surface area contributed by atoms with Gasteiger partial charge in [-0.2, -0.15) is 0 Å². The number of phosphoric acid groups is 1. The second-order valence-electron chi connectivity index (χ2n) is 3.95. The van der Waals surface area contributed by atoms with E-state index in [0.717, 1.165) is 12.8 Å². The Labute approximate surface area is 124 Å². The highest BCUT2D eigenvalue weighted by Crippen LogP contribution is 2.59. The second-order valence-corrected chi connectivity index (χ2v) is 8.38. The minimum atomic E-state index is -3.72. The van der Waals surface area contributed by atoms with Crippen molar-refractivity contribution in [2.75, 3.05) is 18.6 Å². The first-order valence-electron chi connectivity index (χ1n) is 6.17. The summed E-state index contributed by atoms with van der Waals surface area (Å²) in [7, 11) is -5.07. The van der Waals surface area contributed by atoms with Gasteiger partial charge in [-0.25, -0.2) is 4.57 Å². The Morgan fingerprint density at radius 2 is 1.45 bits per heavy atom. The largest absolute Gasteiger partial charge is 0.587 e. The Morgan fingerprint density at radius 1 is 1.05 bits per heavy atom. The molecule has 0 spiro atoms. The smallest absolute Gasteiger partial charge is 0.390 e. The summed E-state index contributed by atoms with van der Waals surface area (Å²) in [6.07, 6.45) is 1.47. The summed E-state index contributed by atoms with van der Waals surface area (Å²) in [6.45, 7) is 3.80. The van der Waals surface area contributed by atoms with Gasteiger partial charge < -0.3 is 9.05 Å². The fraction of sp³-hybridized carbons (Fsp3) is 0.636. The number of phosphoric ester groups is 1. The fourth-order valence-corrected chi connectivity index (χ4v) is 4.28. The van der Waals surface area contributed by atoms with Crippen LogP contribution in [-0.4, -0.2) is 27.0 Å². The summed E-state index contributed by atoms with van der Waals surface area (Å²) in [5, 5.41) is 2.63. The Kier molecular flexibility index (Phi) is 7.15. The van der Waals surface area contributed by atoms with E-state index in [9.17, 15) is 13.0 Å². The highest BCUT2D eigenvalue weighted by Gasteiger charge is 2.40. The number of rotatable bonds is 7. The lowest BCUT2D eigenvalue weighted by atomic mass is 10.5. The van der Waals surface area contributed by atoms with Crippen LogP contribution in [0.2, 0.25) is 0 Å². The molecule has 0 aliphatic carbocycles. The van der Waals surface area contributed by atoms with Gasteiger partial charge in [-0.1, -0.05) is 13.8 Å². The number of hydrogen-bond acceptors (Lipinski definition) is 6. The predicted molar refractivity (Wildman–Crippen MR) is 79.6 cm³/mol. The van der Waals surface area contributed by atoms with Gasteiger partial charge in [0.2, 0.25) is 0 Å². The minimum Gasteiger partial charge on any atom is -0.390 e. The lowest BCUT2D eigenvalue weighted by molar-refractivity contribution is 0.242. The maximum atomic E-state index is 11.9. The molecule has 1 aliphatic rings. The molecule has 0 aromatic carbocycles. The molecule has 9 heteroatoms. The van der Waals surface area contributed by atoms with Gasteiger partial charge >= 0.3 is 7.82 Å². The molecule has 0 N–H and O–H groups in total. The first-order chi connectivity index (χ1) is 9.44. The Bertz CT molecular complexity index is 459. The van der Waals surface area contributed by atoms with Crippen molar-refractivity contribution in [1.29, 1.82) is 0 Å². The maximum absolute atomic E-state index is 11.9. The van der Waals surface area contributed by atoms with Gasteiger partial charge in [0.15, 0.2) is 11.5 Å². The summed E-state index contributed by atoms with van der Waals surface area (Å²) in [5.41, 5.74) is 0. The van der Waals surface area contributed by atoms with Crippen molar-refractivity contribution in [3.05, 3.63) is 22.3 Å². The average Bonchev–Trinajstić information content (AvgIpc) is 2.67. The predicted octanol–water partition coefficient (Wildman–Crippen LogP) is 2.79. The first-order valence-corrected chi connectivity index (χ1v) is 10.4. The van der Waals surface area contributed by atoms with Gasteiger partial charge in [-0.3, -0.25) is 12.9 Å². The molecule has 1 heterocycles. The summed E-state index contributed by atoms with van der Waals surface area (Å²) < 4.78 is 50.2. The molecule has 0 radical (unpaired) electrons. The van der Waals surface area contributed by atoms with E-state index < -0.39 is 29.4 Å². The molecular weight excluding hydrogens is 323 g/mol. The van der Waals surface area contributed by atoms with Crippen LogP contribution < -0.4 is 0 Å². The van der Waals surface area contributed by atoms with Crippen molar-refractivity contribution in [3.63, 3.8) is 0 Å². The van der Waals surface area contributed by atoms with E-state index in [-0.39, 0.29) is 11.5 Å². The lowest BCUT2D eigenvalue weighted by Gasteiger charge is -2.03. The molecular formula is C11H19O6PS2. The van der Waals surface area contributed by atoms with Crippen LogP contribution in [0.15, 0.2) is 22.3 Å². The third-order valence-electron chi connectivity index (χ3n) is 2.17. The summed E-state index contributed by atoms with van der Waals surface area (Å²) in [6, 6.07) is 0. The topological polar surface area (TPSA) is 78.9 Å². The standard InChI is InChI=1S/C11H19O6PS2/c1-4-6-19(13)8-10-11(9-20(14)7-5-2)17-18(12,15-3)16-10/h8-9H,4-7H2,1-3H3. The van der Waals surface area contributed by atoms with Crippen molar-refractivity contribution >= 4 is 29.4 Å². The van der Waals surface area contributed by atoms with Crippen LogP contribution in [0.1, 0.15) is 26.7 Å². The van der Waals surface area contributed by atoms with Crippen LogP contribution >= 0.6 is 7.82 Å². The third kappa shape index (κ3) is 5.16. The van der Waals surface area contributed by atoms with Crippen LogP contribution in [0, 0.1) is 0 Å². The average molecular weight is 342 g/mol. The molecule has 1 fully saturated rings. The van der Waals surface area contributed by atoms with E-state index in [1.54, 1.807) is 0 Å². The van der Waals surface area contributed by atoms with Crippen molar-refractivity contribution in [2.45, 2.75) is 26.7 Å². The molecule has 1 aliphatic heterocycles. The molecule has 6 nitrogen and oxygen atoms in total. The minimum absolute atomic E-state index is 0.0615. The molecule has 0 aromatic rings. The zero-order valence-electron chi connectivity index (χ0n) is 11.7. The van der Waals surface area contributed by atoms with Gasteiger partial charge in [0.1, 0.15) is 0 Å². The Morgan fingerprint density at radius 3 is 1.75 bits per heavy atom. The third-order valence-corrected chi connectivity index (χ3v) is 6.04. The van der Waals surface area contributed by atoms with Crippen molar-refractivity contribution in [3.8, 4) is 0 Å². The van der Waals surface area contributed by atoms with E-state index in [0.29, 0.717) is 11.5 Å². The molecule has 2 unspecified atom stereocenters. The van der Waals surface area contributed by atoms with Crippen LogP contribution in [0.25, 0.3) is 0 Å². The highest BCUT2D eigenvalue weighted by molar-refractivity contribution is 7.88. The first kappa shape index (κ1) is 17.6. The molecule has 0 bridgehead atoms. The van der Waals surface area contributed by atoms with Crippen LogP contribution in [0.4, 0.5) is 0 Å². The van der Waals surface area contributed by atoms with Gasteiger partial charge in [0, 0.05) is 51.0 Å². The van der Waals surface area contributed by atoms with E-state index >= 15 is 0 Å². The van der Waals surface area contributed by atoms with Gasteiger partial charge in [0.05, 0.1) is 0 Å². The van der Waals surface area contributed by atoms with Crippen molar-refractivity contribution in [1.82, 2.24) is 0 Å². The van der Waals surface area contributed by atoms with E-state index in [4.69, 9.17) is 9.05 Å². The van der Waals surface area contributed by atoms with Gasteiger partial charge in [-0.15, -0.1) is 0 Å². The van der Waals surface area contributed by atoms with Crippen molar-refractivity contribution < 1.29 is 26.6 Å². The maximum Gasteiger partial charge on any atom is 0.587 e. The van der Waals surface area contributed by atoms with Gasteiger partial charge in [0.25, 0.3) is 0 Å².